The van der Waals surface area contributed by atoms with E-state index in [-0.39, 0.29) is 35.8 Å². The molecule has 174 valence electrons. The molecule has 1 aromatic heterocycles. The van der Waals surface area contributed by atoms with Crippen molar-refractivity contribution >= 4 is 5.91 Å². The number of fused-ring (bicyclic) bond motifs is 1. The molecule has 33 heavy (non-hydrogen) atoms. The highest BCUT2D eigenvalue weighted by Crippen LogP contribution is 2.34. The molecule has 0 spiro atoms. The Bertz CT molecular complexity index is 1150. The minimum absolute atomic E-state index is 0.00106. The number of carbonyl (C=O) groups is 1. The van der Waals surface area contributed by atoms with Gasteiger partial charge in [0, 0.05) is 5.56 Å². The lowest BCUT2D eigenvalue weighted by Crippen LogP contribution is -2.34. The molecular weight excluding hydrogens is 439 g/mol. The number of hydrogen-bond acceptors (Lipinski definition) is 6. The van der Waals surface area contributed by atoms with E-state index in [2.05, 4.69) is 20.7 Å². The van der Waals surface area contributed by atoms with Crippen LogP contribution in [0.2, 0.25) is 0 Å². The number of amides is 1. The van der Waals surface area contributed by atoms with Crippen molar-refractivity contribution in [2.24, 2.45) is 5.92 Å². The molecule has 0 fully saturated rings. The van der Waals surface area contributed by atoms with Crippen LogP contribution < -0.4 is 14.8 Å². The largest absolute Gasteiger partial charge is 0.486 e. The summed E-state index contributed by atoms with van der Waals surface area (Å²) in [5.74, 6) is 0.994. The number of carbonyl (C=O) groups excluding carboxylic acids is 1. The highest BCUT2D eigenvalue weighted by atomic mass is 19.4. The molecule has 1 amide bonds. The Morgan fingerprint density at radius 3 is 2.61 bits per heavy atom. The Morgan fingerprint density at radius 1 is 1.12 bits per heavy atom. The van der Waals surface area contributed by atoms with E-state index < -0.39 is 11.7 Å². The molecule has 4 rings (SSSR count). The Labute approximate surface area is 187 Å². The summed E-state index contributed by atoms with van der Waals surface area (Å²) in [5, 5.41) is 14.6. The van der Waals surface area contributed by atoms with Crippen molar-refractivity contribution in [1.29, 1.82) is 0 Å². The normalized spacial score (nSPS) is 14.2. The average molecular weight is 461 g/mol. The van der Waals surface area contributed by atoms with E-state index in [0.29, 0.717) is 24.7 Å². The number of alkyl halides is 3. The third-order valence-corrected chi connectivity index (χ3v) is 5.09. The summed E-state index contributed by atoms with van der Waals surface area (Å²) in [6.45, 7) is 4.66. The summed E-state index contributed by atoms with van der Waals surface area (Å²) >= 11 is 0. The van der Waals surface area contributed by atoms with Gasteiger partial charge >= 0.3 is 6.18 Å². The topological polar surface area (TPSA) is 91.2 Å². The molecule has 0 aliphatic carbocycles. The predicted octanol–water partition coefficient (Wildman–Crippen LogP) is 3.64. The minimum Gasteiger partial charge on any atom is -0.486 e. The molecule has 8 nitrogen and oxygen atoms in total. The van der Waals surface area contributed by atoms with Crippen LogP contribution in [0.5, 0.6) is 11.5 Å². The van der Waals surface area contributed by atoms with E-state index in [1.165, 1.54) is 12.1 Å². The summed E-state index contributed by atoms with van der Waals surface area (Å²) < 4.78 is 50.0. The van der Waals surface area contributed by atoms with E-state index >= 15 is 0 Å². The average Bonchev–Trinajstić information content (AvgIpc) is 3.25. The van der Waals surface area contributed by atoms with Crippen LogP contribution in [0.15, 0.2) is 42.5 Å². The van der Waals surface area contributed by atoms with E-state index in [4.69, 9.17) is 9.47 Å². The third kappa shape index (κ3) is 5.24. The van der Waals surface area contributed by atoms with Gasteiger partial charge < -0.3 is 14.8 Å². The third-order valence-electron chi connectivity index (χ3n) is 5.09. The number of ether oxygens (including phenoxy) is 2. The fourth-order valence-corrected chi connectivity index (χ4v) is 3.50. The first kappa shape index (κ1) is 22.6. The zero-order chi connectivity index (χ0) is 23.6. The predicted molar refractivity (Wildman–Crippen MR) is 111 cm³/mol. The molecule has 0 bridgehead atoms. The molecular formula is C22H22F3N5O3. The van der Waals surface area contributed by atoms with E-state index in [1.54, 1.807) is 0 Å². The van der Waals surface area contributed by atoms with Crippen LogP contribution in [0, 0.1) is 5.92 Å². The lowest BCUT2D eigenvalue weighted by molar-refractivity contribution is -0.137. The van der Waals surface area contributed by atoms with E-state index in [9.17, 15) is 18.0 Å². The molecule has 0 saturated heterocycles. The van der Waals surface area contributed by atoms with Gasteiger partial charge in [-0.25, -0.2) is 0 Å². The van der Waals surface area contributed by atoms with Crippen molar-refractivity contribution in [2.45, 2.75) is 32.6 Å². The van der Waals surface area contributed by atoms with Gasteiger partial charge in [-0.05, 0) is 41.0 Å². The van der Waals surface area contributed by atoms with Crippen molar-refractivity contribution in [3.63, 3.8) is 0 Å². The number of hydrogen-bond donors (Lipinski definition) is 1. The van der Waals surface area contributed by atoms with Crippen molar-refractivity contribution in [2.75, 3.05) is 13.2 Å². The van der Waals surface area contributed by atoms with Crippen LogP contribution in [-0.4, -0.2) is 39.3 Å². The first-order valence-electron chi connectivity index (χ1n) is 10.3. The van der Waals surface area contributed by atoms with Crippen molar-refractivity contribution in [1.82, 2.24) is 25.5 Å². The molecule has 3 aromatic rings. The van der Waals surface area contributed by atoms with Crippen LogP contribution in [0.3, 0.4) is 0 Å². The highest BCUT2D eigenvalue weighted by molar-refractivity contribution is 5.76. The molecule has 1 aliphatic rings. The summed E-state index contributed by atoms with van der Waals surface area (Å²) in [6, 6.07) is 9.85. The number of nitrogens with one attached hydrogen (secondary N) is 1. The van der Waals surface area contributed by atoms with Gasteiger partial charge in [-0.15, -0.1) is 10.2 Å². The summed E-state index contributed by atoms with van der Waals surface area (Å²) in [5.41, 5.74) is 0.208. The zero-order valence-electron chi connectivity index (χ0n) is 18.0. The Balaban J connectivity index is 1.46. The molecule has 0 saturated carbocycles. The molecule has 0 unspecified atom stereocenters. The molecule has 1 N–H and O–H groups in total. The number of nitrogens with zero attached hydrogens (tertiary/aromatic N) is 4. The minimum atomic E-state index is -4.48. The zero-order valence-corrected chi connectivity index (χ0v) is 18.0. The summed E-state index contributed by atoms with van der Waals surface area (Å²) in [6.07, 6.45) is -4.48. The standard InChI is InChI=1S/C22H22F3N5O3/c1-13(2)20(14-6-7-17-18(11-14)33-9-8-32-17)26-19(31)12-30-28-21(27-29-30)15-4-3-5-16(10-15)22(23,24)25/h3-7,10-11,13,20H,8-9,12H2,1-2H3,(H,26,31)/t20-/m0/s1. The SMILES string of the molecule is CC(C)[C@H](NC(=O)Cn1nnc(-c2cccc(C(F)(F)F)c2)n1)c1ccc2c(c1)OCCO2. The Hall–Kier alpha value is -3.63. The maximum Gasteiger partial charge on any atom is 0.416 e. The van der Waals surface area contributed by atoms with Crippen LogP contribution >= 0.6 is 0 Å². The van der Waals surface area contributed by atoms with Gasteiger partial charge in [0.2, 0.25) is 11.7 Å². The van der Waals surface area contributed by atoms with Crippen LogP contribution in [-0.2, 0) is 17.5 Å². The van der Waals surface area contributed by atoms with Gasteiger partial charge in [0.1, 0.15) is 19.8 Å². The number of aromatic nitrogens is 4. The summed E-state index contributed by atoms with van der Waals surface area (Å²) in [7, 11) is 0. The number of benzene rings is 2. The second-order valence-corrected chi connectivity index (χ2v) is 7.91. The fraction of sp³-hybridized carbons (Fsp3) is 0.364. The molecule has 11 heteroatoms. The Morgan fingerprint density at radius 2 is 1.88 bits per heavy atom. The van der Waals surface area contributed by atoms with Gasteiger partial charge in [0.15, 0.2) is 11.5 Å². The van der Waals surface area contributed by atoms with Gasteiger partial charge in [-0.2, -0.15) is 18.0 Å². The second kappa shape index (κ2) is 9.08. The first-order chi connectivity index (χ1) is 15.7. The summed E-state index contributed by atoms with van der Waals surface area (Å²) in [4.78, 5) is 13.7. The molecule has 1 atom stereocenters. The lowest BCUT2D eigenvalue weighted by Gasteiger charge is -2.25. The molecule has 2 heterocycles. The number of rotatable bonds is 6. The van der Waals surface area contributed by atoms with Crippen molar-refractivity contribution < 1.29 is 27.4 Å². The number of tetrazole rings is 1. The van der Waals surface area contributed by atoms with E-state index in [0.717, 1.165) is 22.5 Å². The fourth-order valence-electron chi connectivity index (χ4n) is 3.50. The van der Waals surface area contributed by atoms with Crippen LogP contribution in [0.25, 0.3) is 11.4 Å². The maximum absolute atomic E-state index is 13.0. The monoisotopic (exact) mass is 461 g/mol. The maximum atomic E-state index is 13.0. The van der Waals surface area contributed by atoms with Gasteiger partial charge in [-0.3, -0.25) is 4.79 Å². The quantitative estimate of drug-likeness (QED) is 0.603. The van der Waals surface area contributed by atoms with Crippen molar-refractivity contribution in [3.05, 3.63) is 53.6 Å². The second-order valence-electron chi connectivity index (χ2n) is 7.91. The lowest BCUT2D eigenvalue weighted by atomic mass is 9.95. The van der Waals surface area contributed by atoms with Crippen molar-refractivity contribution in [3.8, 4) is 22.9 Å². The number of halogens is 3. The van der Waals surface area contributed by atoms with Gasteiger partial charge in [0.25, 0.3) is 0 Å². The smallest absolute Gasteiger partial charge is 0.416 e. The van der Waals surface area contributed by atoms with E-state index in [1.807, 2.05) is 32.0 Å². The molecule has 2 aromatic carbocycles. The first-order valence-corrected chi connectivity index (χ1v) is 10.3. The Kier molecular flexibility index (Phi) is 6.21. The molecule has 0 radical (unpaired) electrons. The van der Waals surface area contributed by atoms with Gasteiger partial charge in [0.05, 0.1) is 11.6 Å². The van der Waals surface area contributed by atoms with Crippen LogP contribution in [0.4, 0.5) is 13.2 Å². The van der Waals surface area contributed by atoms with Gasteiger partial charge in [-0.1, -0.05) is 32.0 Å². The highest BCUT2D eigenvalue weighted by Gasteiger charge is 2.31. The molecule has 1 aliphatic heterocycles. The van der Waals surface area contributed by atoms with Crippen LogP contribution in [0.1, 0.15) is 31.0 Å².